The Bertz CT molecular complexity index is 296. The molecule has 3 atom stereocenters. The van der Waals surface area contributed by atoms with Crippen LogP contribution in [0.15, 0.2) is 0 Å². The van der Waals surface area contributed by atoms with Gasteiger partial charge in [0.05, 0.1) is 19.3 Å². The Hall–Kier alpha value is -0.650. The number of likely N-dealkylation sites (N-methyl/N-ethyl adjacent to an activating group) is 1. The van der Waals surface area contributed by atoms with Gasteiger partial charge in [0.1, 0.15) is 6.04 Å². The molecule has 110 valence electrons. The van der Waals surface area contributed by atoms with E-state index in [1.54, 1.807) is 0 Å². The summed E-state index contributed by atoms with van der Waals surface area (Å²) in [7, 11) is 1.82. The van der Waals surface area contributed by atoms with E-state index in [9.17, 15) is 4.79 Å². The molecule has 0 aromatic rings. The maximum Gasteiger partial charge on any atom is 0.324 e. The lowest BCUT2D eigenvalue weighted by atomic mass is 9.90. The third-order valence-corrected chi connectivity index (χ3v) is 4.18. The van der Waals surface area contributed by atoms with Crippen LogP contribution in [-0.4, -0.2) is 62.4 Å². The van der Waals surface area contributed by atoms with Gasteiger partial charge in [0.2, 0.25) is 0 Å². The van der Waals surface area contributed by atoms with E-state index in [4.69, 9.17) is 9.47 Å². The molecule has 2 aliphatic rings. The van der Waals surface area contributed by atoms with Crippen LogP contribution in [0.25, 0.3) is 0 Å². The molecule has 1 aliphatic carbocycles. The van der Waals surface area contributed by atoms with Gasteiger partial charge in [0.25, 0.3) is 0 Å². The minimum atomic E-state index is -0.236. The molecule has 0 radical (unpaired) electrons. The second-order valence-electron chi connectivity index (χ2n) is 5.35. The standard InChI is InChI=1S/C14H26N2O3/c1-3-18-14(17)11(15-2)10-16-8-9-19-13-7-5-4-6-12(13)16/h11-13,15H,3-10H2,1-2H3. The lowest BCUT2D eigenvalue weighted by Gasteiger charge is -2.44. The van der Waals surface area contributed by atoms with Crippen molar-refractivity contribution in [3.63, 3.8) is 0 Å². The van der Waals surface area contributed by atoms with Gasteiger partial charge >= 0.3 is 5.97 Å². The van der Waals surface area contributed by atoms with Crippen LogP contribution < -0.4 is 5.32 Å². The smallest absolute Gasteiger partial charge is 0.324 e. The van der Waals surface area contributed by atoms with Gasteiger partial charge in [-0.2, -0.15) is 0 Å². The molecule has 0 aromatic carbocycles. The molecule has 0 bridgehead atoms. The summed E-state index contributed by atoms with van der Waals surface area (Å²) in [4.78, 5) is 14.3. The summed E-state index contributed by atoms with van der Waals surface area (Å²) >= 11 is 0. The normalized spacial score (nSPS) is 29.6. The van der Waals surface area contributed by atoms with Crippen LogP contribution in [0.5, 0.6) is 0 Å². The molecule has 1 heterocycles. The highest BCUT2D eigenvalue weighted by atomic mass is 16.5. The molecule has 1 aliphatic heterocycles. The molecule has 0 aromatic heterocycles. The summed E-state index contributed by atoms with van der Waals surface area (Å²) in [6.07, 6.45) is 5.24. The summed E-state index contributed by atoms with van der Waals surface area (Å²) in [5, 5.41) is 3.07. The fourth-order valence-corrected chi connectivity index (χ4v) is 3.16. The molecule has 2 fully saturated rings. The molecule has 5 heteroatoms. The molecule has 3 unspecified atom stereocenters. The Labute approximate surface area is 115 Å². The largest absolute Gasteiger partial charge is 0.465 e. The number of fused-ring (bicyclic) bond motifs is 1. The Morgan fingerprint density at radius 2 is 2.26 bits per heavy atom. The first kappa shape index (κ1) is 14.8. The van der Waals surface area contributed by atoms with Gasteiger partial charge < -0.3 is 14.8 Å². The summed E-state index contributed by atoms with van der Waals surface area (Å²) in [5.41, 5.74) is 0. The summed E-state index contributed by atoms with van der Waals surface area (Å²) < 4.78 is 11.0. The van der Waals surface area contributed by atoms with E-state index in [1.165, 1.54) is 19.3 Å². The first-order valence-electron chi connectivity index (χ1n) is 7.45. The fraction of sp³-hybridized carbons (Fsp3) is 0.929. The minimum absolute atomic E-state index is 0.149. The Morgan fingerprint density at radius 3 is 3.00 bits per heavy atom. The van der Waals surface area contributed by atoms with E-state index in [0.29, 0.717) is 18.8 Å². The maximum absolute atomic E-state index is 11.9. The number of hydrogen-bond donors (Lipinski definition) is 1. The zero-order valence-electron chi connectivity index (χ0n) is 12.1. The van der Waals surface area contributed by atoms with Crippen LogP contribution in [0.3, 0.4) is 0 Å². The van der Waals surface area contributed by atoms with Crippen LogP contribution in [0.2, 0.25) is 0 Å². The van der Waals surface area contributed by atoms with E-state index < -0.39 is 0 Å². The number of rotatable bonds is 5. The van der Waals surface area contributed by atoms with Crippen molar-refractivity contribution in [3.8, 4) is 0 Å². The first-order valence-corrected chi connectivity index (χ1v) is 7.45. The summed E-state index contributed by atoms with van der Waals surface area (Å²) in [6.45, 7) is 4.70. The van der Waals surface area contributed by atoms with Crippen molar-refractivity contribution in [2.24, 2.45) is 0 Å². The van der Waals surface area contributed by atoms with Gasteiger partial charge in [-0.15, -0.1) is 0 Å². The van der Waals surface area contributed by atoms with Gasteiger partial charge in [-0.1, -0.05) is 12.8 Å². The van der Waals surface area contributed by atoms with Crippen LogP contribution in [-0.2, 0) is 14.3 Å². The summed E-state index contributed by atoms with van der Waals surface area (Å²) in [5.74, 6) is -0.149. The molecule has 5 nitrogen and oxygen atoms in total. The highest BCUT2D eigenvalue weighted by molar-refractivity contribution is 5.76. The van der Waals surface area contributed by atoms with E-state index in [0.717, 1.165) is 26.1 Å². The van der Waals surface area contributed by atoms with Gasteiger partial charge in [-0.05, 0) is 26.8 Å². The maximum atomic E-state index is 11.9. The molecule has 0 amide bonds. The van der Waals surface area contributed by atoms with Gasteiger partial charge in [0.15, 0.2) is 0 Å². The lowest BCUT2D eigenvalue weighted by molar-refractivity contribution is -0.148. The van der Waals surface area contributed by atoms with Gasteiger partial charge in [-0.3, -0.25) is 9.69 Å². The highest BCUT2D eigenvalue weighted by Gasteiger charge is 2.36. The average molecular weight is 270 g/mol. The average Bonchev–Trinajstić information content (AvgIpc) is 2.45. The molecule has 2 rings (SSSR count). The molecule has 1 saturated carbocycles. The SMILES string of the molecule is CCOC(=O)C(CN1CCOC2CCCCC21)NC. The van der Waals surface area contributed by atoms with Crippen molar-refractivity contribution < 1.29 is 14.3 Å². The Morgan fingerprint density at radius 1 is 1.47 bits per heavy atom. The van der Waals surface area contributed by atoms with Crippen LogP contribution in [0.1, 0.15) is 32.6 Å². The Kier molecular flexibility index (Phi) is 5.60. The number of carbonyl (C=O) groups is 1. The van der Waals surface area contributed by atoms with Gasteiger partial charge in [0, 0.05) is 19.1 Å². The predicted molar refractivity (Wildman–Crippen MR) is 73.0 cm³/mol. The second kappa shape index (κ2) is 7.22. The van der Waals surface area contributed by atoms with Crippen LogP contribution in [0, 0.1) is 0 Å². The molecular formula is C14H26N2O3. The number of nitrogens with one attached hydrogen (secondary N) is 1. The van der Waals surface area contributed by atoms with Crippen LogP contribution in [0.4, 0.5) is 0 Å². The van der Waals surface area contributed by atoms with E-state index in [-0.39, 0.29) is 12.0 Å². The van der Waals surface area contributed by atoms with Crippen molar-refractivity contribution in [1.29, 1.82) is 0 Å². The second-order valence-corrected chi connectivity index (χ2v) is 5.35. The van der Waals surface area contributed by atoms with Crippen molar-refractivity contribution >= 4 is 5.97 Å². The van der Waals surface area contributed by atoms with E-state index in [2.05, 4.69) is 10.2 Å². The lowest BCUT2D eigenvalue weighted by Crippen LogP contribution is -2.57. The third-order valence-electron chi connectivity index (χ3n) is 4.18. The predicted octanol–water partition coefficient (Wildman–Crippen LogP) is 0.781. The van der Waals surface area contributed by atoms with Crippen molar-refractivity contribution in [2.75, 3.05) is 33.4 Å². The molecular weight excluding hydrogens is 244 g/mol. The summed E-state index contributed by atoms with van der Waals surface area (Å²) in [6, 6.07) is 0.244. The topological polar surface area (TPSA) is 50.8 Å². The number of hydrogen-bond acceptors (Lipinski definition) is 5. The number of morpholine rings is 1. The quantitative estimate of drug-likeness (QED) is 0.748. The van der Waals surface area contributed by atoms with Crippen molar-refractivity contribution in [3.05, 3.63) is 0 Å². The fourth-order valence-electron chi connectivity index (χ4n) is 3.16. The van der Waals surface area contributed by atoms with Crippen molar-refractivity contribution in [1.82, 2.24) is 10.2 Å². The number of nitrogens with zero attached hydrogens (tertiary/aromatic N) is 1. The minimum Gasteiger partial charge on any atom is -0.465 e. The zero-order valence-corrected chi connectivity index (χ0v) is 12.1. The molecule has 0 spiro atoms. The molecule has 1 saturated heterocycles. The van der Waals surface area contributed by atoms with Gasteiger partial charge in [-0.25, -0.2) is 0 Å². The first-order chi connectivity index (χ1) is 9.26. The third kappa shape index (κ3) is 3.68. The van der Waals surface area contributed by atoms with E-state index in [1.807, 2.05) is 14.0 Å². The molecule has 19 heavy (non-hydrogen) atoms. The highest BCUT2D eigenvalue weighted by Crippen LogP contribution is 2.28. The van der Waals surface area contributed by atoms with E-state index >= 15 is 0 Å². The Balaban J connectivity index is 1.93. The molecule has 1 N–H and O–H groups in total. The number of carbonyl (C=O) groups excluding carboxylic acids is 1. The van der Waals surface area contributed by atoms with Crippen molar-refractivity contribution in [2.45, 2.75) is 50.8 Å². The number of esters is 1. The monoisotopic (exact) mass is 270 g/mol. The number of ether oxygens (including phenoxy) is 2. The zero-order chi connectivity index (χ0) is 13.7. The van der Waals surface area contributed by atoms with Crippen LogP contribution >= 0.6 is 0 Å².